The summed E-state index contributed by atoms with van der Waals surface area (Å²) in [5.74, 6) is -0.0327. The van der Waals surface area contributed by atoms with Crippen LogP contribution in [0.1, 0.15) is 46.0 Å². The summed E-state index contributed by atoms with van der Waals surface area (Å²) in [6.45, 7) is 5.10. The first-order valence-electron chi connectivity index (χ1n) is 9.78. The van der Waals surface area contributed by atoms with Gasteiger partial charge in [-0.05, 0) is 50.7 Å². The van der Waals surface area contributed by atoms with E-state index in [0.29, 0.717) is 25.4 Å². The summed E-state index contributed by atoms with van der Waals surface area (Å²) in [5.41, 5.74) is -0.0408. The van der Waals surface area contributed by atoms with E-state index in [2.05, 4.69) is 18.7 Å². The number of likely N-dealkylation sites (tertiary alicyclic amines) is 1. The van der Waals surface area contributed by atoms with Crippen molar-refractivity contribution in [2.45, 2.75) is 62.9 Å². The first-order valence-corrected chi connectivity index (χ1v) is 11.2. The van der Waals surface area contributed by atoms with Crippen LogP contribution in [-0.2, 0) is 14.8 Å². The Kier molecular flexibility index (Phi) is 4.58. The number of hydrogen-bond donors (Lipinski definition) is 0. The number of amides is 1. The lowest BCUT2D eigenvalue weighted by molar-refractivity contribution is -0.147. The molecule has 2 heterocycles. The molecule has 0 N–H and O–H groups in total. The number of hydrogen-bond acceptors (Lipinski definition) is 3. The van der Waals surface area contributed by atoms with Crippen molar-refractivity contribution in [1.82, 2.24) is 9.21 Å². The summed E-state index contributed by atoms with van der Waals surface area (Å²) in [6.07, 6.45) is 4.42. The topological polar surface area (TPSA) is 57.7 Å². The first-order chi connectivity index (χ1) is 12.7. The molecule has 1 spiro atoms. The molecule has 1 aromatic rings. The van der Waals surface area contributed by atoms with Crippen molar-refractivity contribution >= 4 is 15.9 Å². The third-order valence-corrected chi connectivity index (χ3v) is 8.40. The van der Waals surface area contributed by atoms with E-state index in [9.17, 15) is 17.6 Å². The number of carbonyl (C=O) groups excluding carboxylic acids is 1. The standard InChI is InChI=1S/C20H27FN2O3S/c1-14-7-8-15(2)23(19(24)9-14)16-10-20(11-16)12-22(13-20)27(25,26)18-6-4-3-5-17(18)21/h3-6,14-16H,7-13H2,1-2H3. The van der Waals surface area contributed by atoms with Gasteiger partial charge in [-0.3, -0.25) is 4.79 Å². The Hall–Kier alpha value is -1.47. The van der Waals surface area contributed by atoms with Crippen LogP contribution in [0.25, 0.3) is 0 Å². The molecule has 27 heavy (non-hydrogen) atoms. The van der Waals surface area contributed by atoms with Gasteiger partial charge in [-0.15, -0.1) is 0 Å². The molecular formula is C20H27FN2O3S. The molecule has 0 bridgehead atoms. The zero-order valence-electron chi connectivity index (χ0n) is 15.9. The number of carbonyl (C=O) groups is 1. The molecule has 5 nitrogen and oxygen atoms in total. The van der Waals surface area contributed by atoms with Crippen LogP contribution >= 0.6 is 0 Å². The molecule has 1 aliphatic carbocycles. The second-order valence-corrected chi connectivity index (χ2v) is 10.7. The fourth-order valence-electron chi connectivity index (χ4n) is 5.04. The zero-order chi connectivity index (χ0) is 19.4. The first kappa shape index (κ1) is 18.9. The molecular weight excluding hydrogens is 367 g/mol. The maximum absolute atomic E-state index is 13.9. The molecule has 2 unspecified atom stereocenters. The molecule has 3 fully saturated rings. The van der Waals surface area contributed by atoms with Gasteiger partial charge < -0.3 is 4.90 Å². The third-order valence-electron chi connectivity index (χ3n) is 6.57. The Morgan fingerprint density at radius 2 is 1.78 bits per heavy atom. The minimum atomic E-state index is -3.78. The summed E-state index contributed by atoms with van der Waals surface area (Å²) in [5, 5.41) is 0. The van der Waals surface area contributed by atoms with Crippen molar-refractivity contribution < 1.29 is 17.6 Å². The molecule has 7 heteroatoms. The Morgan fingerprint density at radius 1 is 1.11 bits per heavy atom. The lowest BCUT2D eigenvalue weighted by Gasteiger charge is -2.60. The summed E-state index contributed by atoms with van der Waals surface area (Å²) in [7, 11) is -3.78. The van der Waals surface area contributed by atoms with E-state index in [1.54, 1.807) is 0 Å². The van der Waals surface area contributed by atoms with E-state index in [0.717, 1.165) is 25.7 Å². The average Bonchev–Trinajstić information content (AvgIpc) is 2.64. The quantitative estimate of drug-likeness (QED) is 0.792. The van der Waals surface area contributed by atoms with Crippen molar-refractivity contribution in [3.63, 3.8) is 0 Å². The molecule has 2 aliphatic heterocycles. The smallest absolute Gasteiger partial charge is 0.246 e. The van der Waals surface area contributed by atoms with Crippen LogP contribution < -0.4 is 0 Å². The molecule has 148 valence electrons. The van der Waals surface area contributed by atoms with Crippen molar-refractivity contribution in [3.8, 4) is 0 Å². The predicted octanol–water partition coefficient (Wildman–Crippen LogP) is 3.02. The number of halogens is 1. The molecule has 3 aliphatic rings. The van der Waals surface area contributed by atoms with Gasteiger partial charge >= 0.3 is 0 Å². The summed E-state index contributed by atoms with van der Waals surface area (Å²) < 4.78 is 40.6. The van der Waals surface area contributed by atoms with Gasteiger partial charge in [0.1, 0.15) is 10.7 Å². The van der Waals surface area contributed by atoms with Crippen LogP contribution in [-0.4, -0.2) is 48.7 Å². The predicted molar refractivity (Wildman–Crippen MR) is 99.9 cm³/mol. The molecule has 1 amide bonds. The minimum Gasteiger partial charge on any atom is -0.337 e. The minimum absolute atomic E-state index is 0.0408. The largest absolute Gasteiger partial charge is 0.337 e. The van der Waals surface area contributed by atoms with Crippen molar-refractivity contribution in [2.75, 3.05) is 13.1 Å². The highest BCUT2D eigenvalue weighted by Crippen LogP contribution is 2.52. The van der Waals surface area contributed by atoms with Crippen LogP contribution in [0.4, 0.5) is 4.39 Å². The molecule has 0 aromatic heterocycles. The number of rotatable bonds is 3. The second kappa shape index (κ2) is 6.55. The molecule has 4 rings (SSSR count). The normalized spacial score (nSPS) is 29.3. The van der Waals surface area contributed by atoms with Gasteiger partial charge in [0.15, 0.2) is 0 Å². The van der Waals surface area contributed by atoms with Crippen LogP contribution in [0.5, 0.6) is 0 Å². The van der Waals surface area contributed by atoms with E-state index in [1.165, 1.54) is 28.6 Å². The van der Waals surface area contributed by atoms with E-state index in [4.69, 9.17) is 0 Å². The van der Waals surface area contributed by atoms with Gasteiger partial charge in [-0.1, -0.05) is 19.1 Å². The van der Waals surface area contributed by atoms with Gasteiger partial charge in [0.25, 0.3) is 0 Å². The van der Waals surface area contributed by atoms with Crippen LogP contribution in [0.15, 0.2) is 29.2 Å². The monoisotopic (exact) mass is 394 g/mol. The molecule has 2 saturated heterocycles. The summed E-state index contributed by atoms with van der Waals surface area (Å²) in [6, 6.07) is 5.99. The van der Waals surface area contributed by atoms with Gasteiger partial charge in [0, 0.05) is 37.0 Å². The number of sulfonamides is 1. The van der Waals surface area contributed by atoms with Crippen molar-refractivity contribution in [1.29, 1.82) is 0 Å². The van der Waals surface area contributed by atoms with Gasteiger partial charge in [-0.25, -0.2) is 12.8 Å². The Balaban J connectivity index is 1.40. The zero-order valence-corrected chi connectivity index (χ0v) is 16.7. The summed E-state index contributed by atoms with van der Waals surface area (Å²) in [4.78, 5) is 14.4. The third kappa shape index (κ3) is 3.18. The van der Waals surface area contributed by atoms with Crippen molar-refractivity contribution in [3.05, 3.63) is 30.1 Å². The van der Waals surface area contributed by atoms with Gasteiger partial charge in [-0.2, -0.15) is 4.31 Å². The average molecular weight is 395 g/mol. The van der Waals surface area contributed by atoms with Gasteiger partial charge in [0.2, 0.25) is 15.9 Å². The fraction of sp³-hybridized carbons (Fsp3) is 0.650. The van der Waals surface area contributed by atoms with Gasteiger partial charge in [0.05, 0.1) is 0 Å². The number of benzene rings is 1. The van der Waals surface area contributed by atoms with Crippen molar-refractivity contribution in [2.24, 2.45) is 11.3 Å². The maximum Gasteiger partial charge on any atom is 0.246 e. The molecule has 1 saturated carbocycles. The van der Waals surface area contributed by atoms with E-state index >= 15 is 0 Å². The Labute approximate surface area is 160 Å². The highest BCUT2D eigenvalue weighted by molar-refractivity contribution is 7.89. The lowest BCUT2D eigenvalue weighted by Crippen LogP contribution is -2.68. The maximum atomic E-state index is 13.9. The highest BCUT2D eigenvalue weighted by Gasteiger charge is 2.58. The SMILES string of the molecule is CC1CCC(C)N(C2CC3(C2)CN(S(=O)(=O)c2ccccc2F)C3)C(=O)C1. The highest BCUT2D eigenvalue weighted by atomic mass is 32.2. The Bertz CT molecular complexity index is 843. The van der Waals surface area contributed by atoms with E-state index in [-0.39, 0.29) is 28.3 Å². The Morgan fingerprint density at radius 3 is 2.44 bits per heavy atom. The molecule has 1 aromatic carbocycles. The lowest BCUT2D eigenvalue weighted by atomic mass is 9.61. The summed E-state index contributed by atoms with van der Waals surface area (Å²) >= 11 is 0. The molecule has 2 atom stereocenters. The fourth-order valence-corrected chi connectivity index (χ4v) is 6.77. The van der Waals surface area contributed by atoms with E-state index in [1.807, 2.05) is 0 Å². The molecule has 0 radical (unpaired) electrons. The van der Waals surface area contributed by atoms with E-state index < -0.39 is 15.8 Å². The second-order valence-electron chi connectivity index (χ2n) is 8.80. The van der Waals surface area contributed by atoms with Crippen LogP contribution in [0.2, 0.25) is 0 Å². The van der Waals surface area contributed by atoms with Crippen LogP contribution in [0.3, 0.4) is 0 Å². The van der Waals surface area contributed by atoms with Crippen LogP contribution in [0, 0.1) is 17.2 Å². The number of nitrogens with zero attached hydrogens (tertiary/aromatic N) is 2.